The molecule has 0 saturated heterocycles. The van der Waals surface area contributed by atoms with E-state index in [2.05, 4.69) is 17.3 Å². The monoisotopic (exact) mass is 243 g/mol. The van der Waals surface area contributed by atoms with E-state index < -0.39 is 0 Å². The Morgan fingerprint density at radius 3 is 2.67 bits per heavy atom. The molecule has 3 heteroatoms. The van der Waals surface area contributed by atoms with E-state index in [1.807, 2.05) is 73.9 Å². The third-order valence-corrected chi connectivity index (χ3v) is 2.44. The summed E-state index contributed by atoms with van der Waals surface area (Å²) in [7, 11) is 1.94. The first kappa shape index (κ1) is 14.0. The van der Waals surface area contributed by atoms with Crippen molar-refractivity contribution in [2.75, 3.05) is 18.6 Å². The summed E-state index contributed by atoms with van der Waals surface area (Å²) in [6, 6.07) is 10.1. The highest BCUT2D eigenvalue weighted by molar-refractivity contribution is 5.82. The van der Waals surface area contributed by atoms with Crippen molar-refractivity contribution in [2.45, 2.75) is 13.8 Å². The SMILES string of the molecule is CC=C(C=CNCC)C=NN(C)c1ccccc1. The predicted octanol–water partition coefficient (Wildman–Crippen LogP) is 3.18. The molecule has 3 nitrogen and oxygen atoms in total. The molecule has 0 spiro atoms. The third-order valence-electron chi connectivity index (χ3n) is 2.44. The second kappa shape index (κ2) is 8.12. The molecule has 1 aromatic carbocycles. The molecule has 0 atom stereocenters. The molecule has 0 saturated carbocycles. The number of rotatable bonds is 6. The van der Waals surface area contributed by atoms with Crippen LogP contribution in [0, 0.1) is 0 Å². The topological polar surface area (TPSA) is 27.6 Å². The fourth-order valence-electron chi connectivity index (χ4n) is 1.35. The van der Waals surface area contributed by atoms with Crippen molar-refractivity contribution < 1.29 is 0 Å². The molecule has 0 fully saturated rings. The summed E-state index contributed by atoms with van der Waals surface area (Å²) in [4.78, 5) is 0. The molecule has 0 aliphatic carbocycles. The Hall–Kier alpha value is -2.03. The summed E-state index contributed by atoms with van der Waals surface area (Å²) >= 11 is 0. The predicted molar refractivity (Wildman–Crippen MR) is 79.9 cm³/mol. The van der Waals surface area contributed by atoms with E-state index in [1.54, 1.807) is 0 Å². The van der Waals surface area contributed by atoms with Crippen LogP contribution in [0.5, 0.6) is 0 Å². The van der Waals surface area contributed by atoms with Gasteiger partial charge in [0.15, 0.2) is 0 Å². The molecule has 1 rings (SSSR count). The van der Waals surface area contributed by atoms with Crippen LogP contribution in [-0.2, 0) is 0 Å². The maximum Gasteiger partial charge on any atom is 0.0590 e. The van der Waals surface area contributed by atoms with Gasteiger partial charge in [0.05, 0.1) is 11.9 Å². The maximum absolute atomic E-state index is 4.41. The number of hydrazone groups is 1. The van der Waals surface area contributed by atoms with Gasteiger partial charge < -0.3 is 5.32 Å². The lowest BCUT2D eigenvalue weighted by atomic mass is 10.3. The van der Waals surface area contributed by atoms with Gasteiger partial charge in [0.2, 0.25) is 0 Å². The molecule has 18 heavy (non-hydrogen) atoms. The smallest absolute Gasteiger partial charge is 0.0590 e. The van der Waals surface area contributed by atoms with Gasteiger partial charge in [-0.25, -0.2) is 0 Å². The minimum atomic E-state index is 0.925. The first-order chi connectivity index (χ1) is 8.77. The van der Waals surface area contributed by atoms with Crippen LogP contribution in [0.25, 0.3) is 0 Å². The second-order valence-electron chi connectivity index (χ2n) is 3.78. The van der Waals surface area contributed by atoms with Crippen LogP contribution in [-0.4, -0.2) is 19.8 Å². The Morgan fingerprint density at radius 2 is 2.06 bits per heavy atom. The van der Waals surface area contributed by atoms with E-state index in [-0.39, 0.29) is 0 Å². The van der Waals surface area contributed by atoms with Crippen molar-refractivity contribution in [1.29, 1.82) is 0 Å². The lowest BCUT2D eigenvalue weighted by Crippen LogP contribution is -2.08. The highest BCUT2D eigenvalue weighted by Gasteiger charge is 1.95. The maximum atomic E-state index is 4.41. The van der Waals surface area contributed by atoms with Gasteiger partial charge in [0, 0.05) is 13.6 Å². The zero-order chi connectivity index (χ0) is 13.2. The normalized spacial score (nSPS) is 12.3. The molecule has 1 N–H and O–H groups in total. The van der Waals surface area contributed by atoms with Gasteiger partial charge in [0.1, 0.15) is 0 Å². The number of nitrogens with one attached hydrogen (secondary N) is 1. The highest BCUT2D eigenvalue weighted by Crippen LogP contribution is 2.10. The molecule has 0 aliphatic heterocycles. The lowest BCUT2D eigenvalue weighted by Gasteiger charge is -2.12. The number of anilines is 1. The van der Waals surface area contributed by atoms with E-state index in [4.69, 9.17) is 0 Å². The van der Waals surface area contributed by atoms with Crippen molar-refractivity contribution in [3.05, 3.63) is 54.3 Å². The van der Waals surface area contributed by atoms with Gasteiger partial charge in [-0.3, -0.25) is 5.01 Å². The minimum absolute atomic E-state index is 0.925. The van der Waals surface area contributed by atoms with Crippen molar-refractivity contribution in [3.8, 4) is 0 Å². The molecule has 96 valence electrons. The zero-order valence-electron chi connectivity index (χ0n) is 11.3. The highest BCUT2D eigenvalue weighted by atomic mass is 15.4. The number of hydrogen-bond donors (Lipinski definition) is 1. The standard InChI is InChI=1S/C15H21N3/c1-4-14(11-12-16-5-2)13-17-18(3)15-9-7-6-8-10-15/h4,6-13,16H,5H2,1-3H3. The number of allylic oxidation sites excluding steroid dienone is 3. The summed E-state index contributed by atoms with van der Waals surface area (Å²) in [6.45, 7) is 4.99. The van der Waals surface area contributed by atoms with Crippen LogP contribution in [0.1, 0.15) is 13.8 Å². The van der Waals surface area contributed by atoms with Gasteiger partial charge in [0.25, 0.3) is 0 Å². The Balaban J connectivity index is 2.62. The summed E-state index contributed by atoms with van der Waals surface area (Å²) in [5.74, 6) is 0. The summed E-state index contributed by atoms with van der Waals surface area (Å²) in [5.41, 5.74) is 2.14. The third kappa shape index (κ3) is 4.87. The fraction of sp³-hybridized carbons (Fsp3) is 0.267. The quantitative estimate of drug-likeness (QED) is 0.472. The van der Waals surface area contributed by atoms with Crippen molar-refractivity contribution in [1.82, 2.24) is 5.32 Å². The molecule has 0 amide bonds. The van der Waals surface area contributed by atoms with Crippen molar-refractivity contribution in [2.24, 2.45) is 5.10 Å². The molecule has 0 heterocycles. The first-order valence-electron chi connectivity index (χ1n) is 6.17. The largest absolute Gasteiger partial charge is 0.391 e. The molecule has 0 bridgehead atoms. The van der Waals surface area contributed by atoms with Gasteiger partial charge in [-0.1, -0.05) is 24.3 Å². The van der Waals surface area contributed by atoms with Crippen LogP contribution in [0.4, 0.5) is 5.69 Å². The first-order valence-corrected chi connectivity index (χ1v) is 6.17. The second-order valence-corrected chi connectivity index (χ2v) is 3.78. The Bertz CT molecular complexity index is 419. The summed E-state index contributed by atoms with van der Waals surface area (Å²) < 4.78 is 0. The number of benzene rings is 1. The average Bonchev–Trinajstić information content (AvgIpc) is 2.43. The van der Waals surface area contributed by atoms with E-state index in [0.717, 1.165) is 17.8 Å². The molecular formula is C15H21N3. The average molecular weight is 243 g/mol. The Labute approximate surface area is 110 Å². The minimum Gasteiger partial charge on any atom is -0.391 e. The van der Waals surface area contributed by atoms with Crippen LogP contribution >= 0.6 is 0 Å². The van der Waals surface area contributed by atoms with Gasteiger partial charge >= 0.3 is 0 Å². The van der Waals surface area contributed by atoms with Gasteiger partial charge in [-0.05, 0) is 43.8 Å². The van der Waals surface area contributed by atoms with Crippen LogP contribution < -0.4 is 10.3 Å². The van der Waals surface area contributed by atoms with Gasteiger partial charge in [-0.2, -0.15) is 5.10 Å². The van der Waals surface area contributed by atoms with Crippen LogP contribution in [0.3, 0.4) is 0 Å². The van der Waals surface area contributed by atoms with E-state index >= 15 is 0 Å². The number of nitrogens with zero attached hydrogens (tertiary/aromatic N) is 2. The molecule has 0 unspecified atom stereocenters. The van der Waals surface area contributed by atoms with Crippen LogP contribution in [0.2, 0.25) is 0 Å². The molecular weight excluding hydrogens is 222 g/mol. The van der Waals surface area contributed by atoms with Crippen molar-refractivity contribution in [3.63, 3.8) is 0 Å². The Morgan fingerprint density at radius 1 is 1.33 bits per heavy atom. The molecule has 1 aromatic rings. The van der Waals surface area contributed by atoms with Gasteiger partial charge in [-0.15, -0.1) is 0 Å². The molecule has 0 aromatic heterocycles. The summed E-state index contributed by atoms with van der Waals surface area (Å²) in [6.07, 6.45) is 7.81. The fourth-order valence-corrected chi connectivity index (χ4v) is 1.35. The zero-order valence-corrected chi connectivity index (χ0v) is 11.3. The number of hydrogen-bond acceptors (Lipinski definition) is 3. The molecule has 0 aliphatic rings. The summed E-state index contributed by atoms with van der Waals surface area (Å²) in [5, 5.41) is 9.39. The van der Waals surface area contributed by atoms with E-state index in [9.17, 15) is 0 Å². The Kier molecular flexibility index (Phi) is 6.33. The van der Waals surface area contributed by atoms with Crippen molar-refractivity contribution >= 4 is 11.9 Å². The van der Waals surface area contributed by atoms with Crippen LogP contribution in [0.15, 0.2) is 59.4 Å². The van der Waals surface area contributed by atoms with E-state index in [1.165, 1.54) is 0 Å². The number of para-hydroxylation sites is 1. The van der Waals surface area contributed by atoms with E-state index in [0.29, 0.717) is 0 Å². The molecule has 0 radical (unpaired) electrons. The lowest BCUT2D eigenvalue weighted by molar-refractivity contribution is 0.919.